The average molecular weight is 237 g/mol. The summed E-state index contributed by atoms with van der Waals surface area (Å²) in [6.07, 6.45) is 0. The highest BCUT2D eigenvalue weighted by molar-refractivity contribution is 5.74. The summed E-state index contributed by atoms with van der Waals surface area (Å²) in [6, 6.07) is 11.8. The van der Waals surface area contributed by atoms with E-state index in [1.165, 1.54) is 0 Å². The van der Waals surface area contributed by atoms with E-state index >= 15 is 0 Å². The van der Waals surface area contributed by atoms with Crippen molar-refractivity contribution in [1.29, 1.82) is 5.26 Å². The van der Waals surface area contributed by atoms with Gasteiger partial charge in [0.05, 0.1) is 11.3 Å². The molecular weight excluding hydrogens is 226 g/mol. The topological polar surface area (TPSA) is 57.9 Å². The van der Waals surface area contributed by atoms with Crippen LogP contribution in [0.3, 0.4) is 0 Å². The molecule has 2 aromatic rings. The Kier molecular flexibility index (Phi) is 2.38. The Morgan fingerprint density at radius 3 is 3.00 bits per heavy atom. The van der Waals surface area contributed by atoms with Crippen LogP contribution in [0.1, 0.15) is 11.1 Å². The summed E-state index contributed by atoms with van der Waals surface area (Å²) >= 11 is 0. The van der Waals surface area contributed by atoms with Gasteiger partial charge in [-0.1, -0.05) is 12.1 Å². The predicted octanol–water partition coefficient (Wildman–Crippen LogP) is 2.55. The smallest absolute Gasteiger partial charge is 0.144 e. The summed E-state index contributed by atoms with van der Waals surface area (Å²) in [5, 5.41) is 12.0. The number of nitriles is 1. The van der Waals surface area contributed by atoms with Gasteiger partial charge in [-0.15, -0.1) is 0 Å². The molecule has 0 fully saturated rings. The lowest BCUT2D eigenvalue weighted by molar-refractivity contribution is 0.301. The van der Waals surface area contributed by atoms with Crippen LogP contribution in [0.2, 0.25) is 0 Å². The monoisotopic (exact) mass is 237 g/mol. The van der Waals surface area contributed by atoms with Crippen molar-refractivity contribution < 1.29 is 4.74 Å². The molecule has 1 aromatic heterocycles. The van der Waals surface area contributed by atoms with Gasteiger partial charge in [0.15, 0.2) is 0 Å². The van der Waals surface area contributed by atoms with Crippen molar-refractivity contribution >= 4 is 5.82 Å². The molecule has 3 rings (SSSR count). The maximum Gasteiger partial charge on any atom is 0.144 e. The number of hydrogen-bond acceptors (Lipinski definition) is 4. The van der Waals surface area contributed by atoms with E-state index in [1.807, 2.05) is 30.3 Å². The number of anilines is 1. The van der Waals surface area contributed by atoms with Crippen LogP contribution in [0.4, 0.5) is 5.82 Å². The summed E-state index contributed by atoms with van der Waals surface area (Å²) < 4.78 is 5.65. The maximum absolute atomic E-state index is 9.08. The molecule has 0 saturated carbocycles. The van der Waals surface area contributed by atoms with E-state index in [0.29, 0.717) is 18.0 Å². The van der Waals surface area contributed by atoms with Gasteiger partial charge in [-0.3, -0.25) is 0 Å². The number of ether oxygens (including phenoxy) is 1. The van der Waals surface area contributed by atoms with Gasteiger partial charge in [0.2, 0.25) is 0 Å². The molecule has 0 bridgehead atoms. The molecule has 1 aromatic carbocycles. The number of para-hydroxylation sites is 1. The minimum Gasteiger partial charge on any atom is -0.488 e. The van der Waals surface area contributed by atoms with Crippen LogP contribution in [-0.4, -0.2) is 12.0 Å². The minimum atomic E-state index is 0.456. The fourth-order valence-corrected chi connectivity index (χ4v) is 2.12. The van der Waals surface area contributed by atoms with Crippen LogP contribution in [0.25, 0.3) is 11.3 Å². The van der Waals surface area contributed by atoms with Gasteiger partial charge in [0, 0.05) is 18.2 Å². The normalized spacial score (nSPS) is 11.8. The number of hydrogen-bond donors (Lipinski definition) is 1. The van der Waals surface area contributed by atoms with Crippen molar-refractivity contribution in [3.8, 4) is 23.1 Å². The Morgan fingerprint density at radius 1 is 1.39 bits per heavy atom. The standard InChI is InChI=1S/C14H11N3O/c1-16-14-9(7-15)6-10-8-18-12-5-3-2-4-11(12)13(10)17-14/h2-6H,8H2,1H3,(H,16,17). The van der Waals surface area contributed by atoms with Crippen molar-refractivity contribution in [2.75, 3.05) is 12.4 Å². The summed E-state index contributed by atoms with van der Waals surface area (Å²) in [5.74, 6) is 1.44. The summed E-state index contributed by atoms with van der Waals surface area (Å²) in [6.45, 7) is 0.456. The number of nitrogens with zero attached hydrogens (tertiary/aromatic N) is 2. The zero-order valence-corrected chi connectivity index (χ0v) is 9.90. The Bertz CT molecular complexity index is 659. The first-order valence-corrected chi connectivity index (χ1v) is 5.67. The van der Waals surface area contributed by atoms with Gasteiger partial charge in [0.1, 0.15) is 24.2 Å². The lowest BCUT2D eigenvalue weighted by Gasteiger charge is -2.20. The zero-order valence-electron chi connectivity index (χ0n) is 9.90. The van der Waals surface area contributed by atoms with Crippen LogP contribution in [0.5, 0.6) is 5.75 Å². The molecule has 1 aliphatic heterocycles. The van der Waals surface area contributed by atoms with Gasteiger partial charge in [-0.2, -0.15) is 5.26 Å². The molecule has 1 aliphatic rings. The molecule has 0 aliphatic carbocycles. The van der Waals surface area contributed by atoms with Gasteiger partial charge in [0.25, 0.3) is 0 Å². The summed E-state index contributed by atoms with van der Waals surface area (Å²) in [7, 11) is 1.76. The van der Waals surface area contributed by atoms with Crippen LogP contribution in [-0.2, 0) is 6.61 Å². The third-order valence-corrected chi connectivity index (χ3v) is 2.98. The van der Waals surface area contributed by atoms with Gasteiger partial charge in [-0.05, 0) is 18.2 Å². The molecule has 1 N–H and O–H groups in total. The maximum atomic E-state index is 9.08. The second kappa shape index (κ2) is 4.04. The molecule has 2 heterocycles. The molecule has 0 amide bonds. The molecular formula is C14H11N3O. The molecule has 88 valence electrons. The Balaban J connectivity index is 2.25. The SMILES string of the molecule is CNc1nc2c(cc1C#N)COc1ccccc1-2. The molecule has 0 radical (unpaired) electrons. The third kappa shape index (κ3) is 1.49. The highest BCUT2D eigenvalue weighted by Gasteiger charge is 2.20. The highest BCUT2D eigenvalue weighted by atomic mass is 16.5. The van der Waals surface area contributed by atoms with E-state index < -0.39 is 0 Å². The van der Waals surface area contributed by atoms with Crippen LogP contribution < -0.4 is 10.1 Å². The highest BCUT2D eigenvalue weighted by Crippen LogP contribution is 2.37. The third-order valence-electron chi connectivity index (χ3n) is 2.98. The molecule has 4 nitrogen and oxygen atoms in total. The van der Waals surface area contributed by atoms with Crippen molar-refractivity contribution in [3.05, 3.63) is 41.5 Å². The van der Waals surface area contributed by atoms with E-state index in [-0.39, 0.29) is 0 Å². The Labute approximate surface area is 105 Å². The lowest BCUT2D eigenvalue weighted by Crippen LogP contribution is -2.09. The fourth-order valence-electron chi connectivity index (χ4n) is 2.12. The van der Waals surface area contributed by atoms with E-state index in [0.717, 1.165) is 22.6 Å². The van der Waals surface area contributed by atoms with Crippen LogP contribution in [0.15, 0.2) is 30.3 Å². The van der Waals surface area contributed by atoms with E-state index in [9.17, 15) is 0 Å². The molecule has 0 atom stereocenters. The van der Waals surface area contributed by atoms with Crippen LogP contribution >= 0.6 is 0 Å². The van der Waals surface area contributed by atoms with E-state index in [2.05, 4.69) is 16.4 Å². The number of fused-ring (bicyclic) bond motifs is 3. The summed E-state index contributed by atoms with van der Waals surface area (Å²) in [5.41, 5.74) is 3.35. The van der Waals surface area contributed by atoms with Crippen molar-refractivity contribution in [2.24, 2.45) is 0 Å². The molecule has 0 unspecified atom stereocenters. The second-order valence-electron chi connectivity index (χ2n) is 4.04. The summed E-state index contributed by atoms with van der Waals surface area (Å²) in [4.78, 5) is 4.53. The molecule has 4 heteroatoms. The van der Waals surface area contributed by atoms with Crippen molar-refractivity contribution in [3.63, 3.8) is 0 Å². The fraction of sp³-hybridized carbons (Fsp3) is 0.143. The number of pyridine rings is 1. The largest absolute Gasteiger partial charge is 0.488 e. The minimum absolute atomic E-state index is 0.456. The molecule has 0 spiro atoms. The first-order valence-electron chi connectivity index (χ1n) is 5.67. The van der Waals surface area contributed by atoms with Gasteiger partial charge >= 0.3 is 0 Å². The van der Waals surface area contributed by atoms with E-state index in [1.54, 1.807) is 7.05 Å². The van der Waals surface area contributed by atoms with Crippen LogP contribution in [0, 0.1) is 11.3 Å². The van der Waals surface area contributed by atoms with Gasteiger partial charge in [-0.25, -0.2) is 4.98 Å². The number of benzene rings is 1. The first-order chi connectivity index (χ1) is 8.83. The quantitative estimate of drug-likeness (QED) is 0.828. The number of nitrogens with one attached hydrogen (secondary N) is 1. The Morgan fingerprint density at radius 2 is 2.22 bits per heavy atom. The first kappa shape index (κ1) is 10.6. The second-order valence-corrected chi connectivity index (χ2v) is 4.04. The molecule has 0 saturated heterocycles. The lowest BCUT2D eigenvalue weighted by atomic mass is 10.0. The zero-order chi connectivity index (χ0) is 12.5. The van der Waals surface area contributed by atoms with Crippen molar-refractivity contribution in [2.45, 2.75) is 6.61 Å². The Hall–Kier alpha value is -2.54. The average Bonchev–Trinajstić information content (AvgIpc) is 2.45. The predicted molar refractivity (Wildman–Crippen MR) is 68.3 cm³/mol. The molecule has 18 heavy (non-hydrogen) atoms. The van der Waals surface area contributed by atoms with Crippen molar-refractivity contribution in [1.82, 2.24) is 4.98 Å². The van der Waals surface area contributed by atoms with E-state index in [4.69, 9.17) is 10.00 Å². The van der Waals surface area contributed by atoms with Gasteiger partial charge < -0.3 is 10.1 Å². The number of rotatable bonds is 1. The number of aromatic nitrogens is 1.